The molecule has 1 aliphatic rings. The van der Waals surface area contributed by atoms with Gasteiger partial charge in [-0.15, -0.1) is 0 Å². The van der Waals surface area contributed by atoms with Crippen LogP contribution in [0.15, 0.2) is 30.3 Å². The summed E-state index contributed by atoms with van der Waals surface area (Å²) < 4.78 is 52.4. The molecule has 0 radical (unpaired) electrons. The number of aromatic nitrogens is 3. The predicted octanol–water partition coefficient (Wildman–Crippen LogP) is 4.66. The fourth-order valence-electron chi connectivity index (χ4n) is 4.15. The van der Waals surface area contributed by atoms with Gasteiger partial charge in [0.05, 0.1) is 26.0 Å². The number of hydrogen-bond acceptors (Lipinski definition) is 5. The normalized spacial score (nSPS) is 17.4. The van der Waals surface area contributed by atoms with Crippen LogP contribution in [0, 0.1) is 0 Å². The van der Waals surface area contributed by atoms with E-state index in [-0.39, 0.29) is 11.7 Å². The number of nitrogens with zero attached hydrogens (tertiary/aromatic N) is 4. The maximum absolute atomic E-state index is 13.6. The zero-order valence-electron chi connectivity index (χ0n) is 17.7. The second-order valence-corrected chi connectivity index (χ2v) is 7.64. The van der Waals surface area contributed by atoms with Crippen molar-refractivity contribution < 1.29 is 22.6 Å². The Morgan fingerprint density at radius 3 is 2.55 bits per heavy atom. The Morgan fingerprint density at radius 2 is 1.87 bits per heavy atom. The molecule has 1 fully saturated rings. The van der Waals surface area contributed by atoms with Crippen molar-refractivity contribution in [3.05, 3.63) is 53.0 Å². The number of alkyl halides is 3. The molecule has 0 bridgehead atoms. The fraction of sp³-hybridized carbons (Fsp3) is 0.455. The van der Waals surface area contributed by atoms with E-state index in [0.717, 1.165) is 35.5 Å². The highest BCUT2D eigenvalue weighted by atomic mass is 19.4. The van der Waals surface area contributed by atoms with Crippen molar-refractivity contribution in [2.24, 2.45) is 0 Å². The number of hydrogen-bond donors (Lipinski definition) is 0. The van der Waals surface area contributed by atoms with Crippen molar-refractivity contribution in [3.8, 4) is 11.5 Å². The number of benzene rings is 1. The van der Waals surface area contributed by atoms with E-state index in [1.807, 2.05) is 18.2 Å². The number of halogens is 3. The highest BCUT2D eigenvalue weighted by Crippen LogP contribution is 2.36. The van der Waals surface area contributed by atoms with E-state index < -0.39 is 11.9 Å². The van der Waals surface area contributed by atoms with E-state index in [4.69, 9.17) is 9.47 Å². The van der Waals surface area contributed by atoms with Gasteiger partial charge in [0.15, 0.2) is 17.1 Å². The lowest BCUT2D eigenvalue weighted by molar-refractivity contribution is -0.142. The first-order chi connectivity index (χ1) is 14.8. The highest BCUT2D eigenvalue weighted by molar-refractivity contribution is 5.44. The van der Waals surface area contributed by atoms with Crippen LogP contribution in [0.3, 0.4) is 0 Å². The maximum Gasteiger partial charge on any atom is 0.433 e. The number of rotatable bonds is 6. The van der Waals surface area contributed by atoms with E-state index in [9.17, 15) is 13.2 Å². The standard InChI is InChI=1S/C22H25F3N4O2/c1-4-15-11-20(22(23,24)25)29-21(26-15)12-16(27-29)17-6-5-9-28(17)13-14-7-8-18(30-2)19(10-14)31-3/h7-8,10-12,17H,4-6,9,13H2,1-3H3/t17-/m1/s1. The van der Waals surface area contributed by atoms with Gasteiger partial charge in [-0.1, -0.05) is 13.0 Å². The molecule has 3 heterocycles. The summed E-state index contributed by atoms with van der Waals surface area (Å²) in [5.74, 6) is 1.30. The summed E-state index contributed by atoms with van der Waals surface area (Å²) in [5, 5.41) is 4.34. The zero-order chi connectivity index (χ0) is 22.2. The van der Waals surface area contributed by atoms with Gasteiger partial charge >= 0.3 is 6.18 Å². The smallest absolute Gasteiger partial charge is 0.433 e. The van der Waals surface area contributed by atoms with E-state index >= 15 is 0 Å². The third-order valence-electron chi connectivity index (χ3n) is 5.69. The van der Waals surface area contributed by atoms with Gasteiger partial charge in [0.25, 0.3) is 0 Å². The van der Waals surface area contributed by atoms with Gasteiger partial charge in [0, 0.05) is 18.3 Å². The topological polar surface area (TPSA) is 51.9 Å². The number of aryl methyl sites for hydroxylation is 1. The summed E-state index contributed by atoms with van der Waals surface area (Å²) >= 11 is 0. The van der Waals surface area contributed by atoms with Crippen LogP contribution in [0.5, 0.6) is 11.5 Å². The molecule has 4 rings (SSSR count). The summed E-state index contributed by atoms with van der Waals surface area (Å²) in [7, 11) is 3.18. The number of methoxy groups -OCH3 is 2. The van der Waals surface area contributed by atoms with Crippen molar-refractivity contribution >= 4 is 5.65 Å². The second-order valence-electron chi connectivity index (χ2n) is 7.64. The third kappa shape index (κ3) is 4.19. The Labute approximate surface area is 178 Å². The van der Waals surface area contributed by atoms with Gasteiger partial charge in [0.2, 0.25) is 0 Å². The maximum atomic E-state index is 13.6. The molecule has 9 heteroatoms. The number of likely N-dealkylation sites (tertiary alicyclic amines) is 1. The Balaban J connectivity index is 1.66. The molecule has 0 amide bonds. The van der Waals surface area contributed by atoms with E-state index in [0.29, 0.717) is 35.9 Å². The van der Waals surface area contributed by atoms with Gasteiger partial charge in [-0.3, -0.25) is 4.90 Å². The summed E-state index contributed by atoms with van der Waals surface area (Å²) in [4.78, 5) is 6.60. The summed E-state index contributed by atoms with van der Waals surface area (Å²) in [6.07, 6.45) is -2.29. The Morgan fingerprint density at radius 1 is 1.10 bits per heavy atom. The first-order valence-electron chi connectivity index (χ1n) is 10.3. The molecule has 3 aromatic rings. The Bertz CT molecular complexity index is 1080. The SMILES string of the molecule is CCc1cc(C(F)(F)F)n2nc([C@H]3CCCN3Cc3ccc(OC)c(OC)c3)cc2n1. The quantitative estimate of drug-likeness (QED) is 0.565. The molecule has 0 N–H and O–H groups in total. The highest BCUT2D eigenvalue weighted by Gasteiger charge is 2.36. The van der Waals surface area contributed by atoms with Crippen molar-refractivity contribution in [3.63, 3.8) is 0 Å². The number of ether oxygens (including phenoxy) is 2. The molecule has 1 aromatic carbocycles. The summed E-state index contributed by atoms with van der Waals surface area (Å²) in [5.41, 5.74) is 1.50. The van der Waals surface area contributed by atoms with Crippen LogP contribution in [-0.4, -0.2) is 40.3 Å². The van der Waals surface area contributed by atoms with Gasteiger partial charge in [0.1, 0.15) is 5.69 Å². The molecule has 1 atom stereocenters. The Kier molecular flexibility index (Phi) is 5.79. The molecule has 0 saturated carbocycles. The van der Waals surface area contributed by atoms with Crippen molar-refractivity contribution in [1.82, 2.24) is 19.5 Å². The predicted molar refractivity (Wildman–Crippen MR) is 109 cm³/mol. The minimum atomic E-state index is -4.50. The average Bonchev–Trinajstić information content (AvgIpc) is 3.38. The molecule has 0 spiro atoms. The van der Waals surface area contributed by atoms with Gasteiger partial charge in [-0.2, -0.15) is 18.3 Å². The van der Waals surface area contributed by atoms with Crippen molar-refractivity contribution in [2.75, 3.05) is 20.8 Å². The van der Waals surface area contributed by atoms with Crippen LogP contribution in [-0.2, 0) is 19.1 Å². The fourth-order valence-corrected chi connectivity index (χ4v) is 4.15. The first-order valence-corrected chi connectivity index (χ1v) is 10.3. The van der Waals surface area contributed by atoms with E-state index in [1.165, 1.54) is 0 Å². The molecule has 1 saturated heterocycles. The molecule has 31 heavy (non-hydrogen) atoms. The van der Waals surface area contributed by atoms with Crippen LogP contribution in [0.1, 0.15) is 48.5 Å². The third-order valence-corrected chi connectivity index (χ3v) is 5.69. The van der Waals surface area contributed by atoms with Gasteiger partial charge < -0.3 is 9.47 Å². The lowest BCUT2D eigenvalue weighted by Gasteiger charge is -2.23. The molecule has 1 aliphatic heterocycles. The van der Waals surface area contributed by atoms with Gasteiger partial charge in [-0.25, -0.2) is 9.50 Å². The van der Waals surface area contributed by atoms with Crippen molar-refractivity contribution in [1.29, 1.82) is 0 Å². The van der Waals surface area contributed by atoms with Crippen LogP contribution >= 0.6 is 0 Å². The number of fused-ring (bicyclic) bond motifs is 1. The summed E-state index contributed by atoms with van der Waals surface area (Å²) in [6.45, 7) is 3.27. The Hall–Kier alpha value is -2.81. The molecular weight excluding hydrogens is 409 g/mol. The largest absolute Gasteiger partial charge is 0.493 e. The lowest BCUT2D eigenvalue weighted by atomic mass is 10.1. The first kappa shape index (κ1) is 21.4. The van der Waals surface area contributed by atoms with Crippen LogP contribution in [0.2, 0.25) is 0 Å². The minimum Gasteiger partial charge on any atom is -0.493 e. The van der Waals surface area contributed by atoms with Crippen LogP contribution in [0.4, 0.5) is 13.2 Å². The van der Waals surface area contributed by atoms with E-state index in [1.54, 1.807) is 27.2 Å². The molecule has 0 unspecified atom stereocenters. The molecule has 2 aromatic heterocycles. The minimum absolute atomic E-state index is 0.0686. The molecule has 166 valence electrons. The van der Waals surface area contributed by atoms with Gasteiger partial charge in [-0.05, 0) is 49.6 Å². The average molecular weight is 434 g/mol. The lowest BCUT2D eigenvalue weighted by Crippen LogP contribution is -2.23. The molecule has 6 nitrogen and oxygen atoms in total. The van der Waals surface area contributed by atoms with Crippen LogP contribution < -0.4 is 9.47 Å². The second kappa shape index (κ2) is 8.37. The van der Waals surface area contributed by atoms with Crippen molar-refractivity contribution in [2.45, 2.75) is 44.9 Å². The van der Waals surface area contributed by atoms with E-state index in [2.05, 4.69) is 15.0 Å². The monoisotopic (exact) mass is 434 g/mol. The van der Waals surface area contributed by atoms with Crippen LogP contribution in [0.25, 0.3) is 5.65 Å². The molecule has 0 aliphatic carbocycles. The zero-order valence-corrected chi connectivity index (χ0v) is 17.7. The molecular formula is C22H25F3N4O2. The summed E-state index contributed by atoms with van der Waals surface area (Å²) in [6, 6.07) is 8.45.